The van der Waals surface area contributed by atoms with E-state index in [0.717, 1.165) is 25.5 Å². The number of halogens is 1. The van der Waals surface area contributed by atoms with Crippen molar-refractivity contribution < 1.29 is 4.39 Å². The van der Waals surface area contributed by atoms with Gasteiger partial charge in [-0.15, -0.1) is 0 Å². The van der Waals surface area contributed by atoms with Crippen LogP contribution in [0.4, 0.5) is 10.3 Å². The molecule has 92 valence electrons. The number of benzene rings is 1. The Bertz CT molecular complexity index is 512. The van der Waals surface area contributed by atoms with Gasteiger partial charge < -0.3 is 4.90 Å². The third-order valence-electron chi connectivity index (χ3n) is 3.36. The minimum Gasteiger partial charge on any atom is -0.340 e. The van der Waals surface area contributed by atoms with E-state index in [1.165, 1.54) is 17.7 Å². The molecule has 0 bridgehead atoms. The fourth-order valence-corrected chi connectivity index (χ4v) is 2.40. The lowest BCUT2D eigenvalue weighted by Crippen LogP contribution is -2.21. The van der Waals surface area contributed by atoms with Gasteiger partial charge in [0.15, 0.2) is 0 Å². The molecule has 1 unspecified atom stereocenters. The smallest absolute Gasteiger partial charge is 0.225 e. The molecule has 4 heteroatoms. The molecule has 1 aromatic carbocycles. The fourth-order valence-electron chi connectivity index (χ4n) is 2.40. The van der Waals surface area contributed by atoms with E-state index in [1.54, 1.807) is 12.4 Å². The maximum absolute atomic E-state index is 12.9. The molecule has 0 aliphatic carbocycles. The molecule has 0 saturated carbocycles. The van der Waals surface area contributed by atoms with E-state index in [9.17, 15) is 4.39 Å². The molecular weight excluding hydrogens is 229 g/mol. The summed E-state index contributed by atoms with van der Waals surface area (Å²) in [5, 5.41) is 0. The summed E-state index contributed by atoms with van der Waals surface area (Å²) in [6.45, 7) is 1.85. The first-order valence-electron chi connectivity index (χ1n) is 6.10. The van der Waals surface area contributed by atoms with Crippen molar-refractivity contribution >= 4 is 5.95 Å². The van der Waals surface area contributed by atoms with Crippen molar-refractivity contribution in [2.24, 2.45) is 0 Å². The Kier molecular flexibility index (Phi) is 2.92. The van der Waals surface area contributed by atoms with Gasteiger partial charge in [0.05, 0.1) is 0 Å². The molecule has 1 fully saturated rings. The van der Waals surface area contributed by atoms with E-state index < -0.39 is 0 Å². The zero-order valence-electron chi connectivity index (χ0n) is 9.96. The zero-order valence-corrected chi connectivity index (χ0v) is 9.96. The molecule has 1 saturated heterocycles. The molecule has 2 aromatic rings. The number of hydrogen-bond donors (Lipinski definition) is 0. The lowest BCUT2D eigenvalue weighted by Gasteiger charge is -2.15. The second kappa shape index (κ2) is 4.72. The first-order chi connectivity index (χ1) is 8.83. The van der Waals surface area contributed by atoms with Crippen LogP contribution in [0.5, 0.6) is 0 Å². The molecule has 3 rings (SSSR count). The van der Waals surface area contributed by atoms with E-state index in [-0.39, 0.29) is 5.82 Å². The van der Waals surface area contributed by atoms with Crippen LogP contribution in [-0.2, 0) is 0 Å². The van der Waals surface area contributed by atoms with Gasteiger partial charge in [0, 0.05) is 31.4 Å². The lowest BCUT2D eigenvalue weighted by atomic mass is 9.99. The van der Waals surface area contributed by atoms with Crippen LogP contribution in [0.2, 0.25) is 0 Å². The molecule has 1 atom stereocenters. The highest BCUT2D eigenvalue weighted by molar-refractivity contribution is 5.34. The van der Waals surface area contributed by atoms with Crippen molar-refractivity contribution in [2.75, 3.05) is 18.0 Å². The first-order valence-corrected chi connectivity index (χ1v) is 6.10. The van der Waals surface area contributed by atoms with Gasteiger partial charge in [0.1, 0.15) is 5.82 Å². The number of anilines is 1. The topological polar surface area (TPSA) is 29.0 Å². The molecule has 0 spiro atoms. The number of rotatable bonds is 2. The summed E-state index contributed by atoms with van der Waals surface area (Å²) in [5.41, 5.74) is 1.19. The van der Waals surface area contributed by atoms with Crippen molar-refractivity contribution in [1.82, 2.24) is 9.97 Å². The SMILES string of the molecule is Fc1ccc(C2CCN(c3ncccn3)C2)cc1. The maximum atomic E-state index is 12.9. The summed E-state index contributed by atoms with van der Waals surface area (Å²) in [6.07, 6.45) is 4.57. The molecule has 18 heavy (non-hydrogen) atoms. The average Bonchev–Trinajstić information content (AvgIpc) is 2.90. The normalized spacial score (nSPS) is 19.2. The van der Waals surface area contributed by atoms with Crippen LogP contribution in [0.3, 0.4) is 0 Å². The van der Waals surface area contributed by atoms with Crippen LogP contribution >= 0.6 is 0 Å². The first kappa shape index (κ1) is 11.1. The highest BCUT2D eigenvalue weighted by Crippen LogP contribution is 2.28. The summed E-state index contributed by atoms with van der Waals surface area (Å²) < 4.78 is 12.9. The van der Waals surface area contributed by atoms with Crippen LogP contribution in [0.25, 0.3) is 0 Å². The van der Waals surface area contributed by atoms with E-state index in [0.29, 0.717) is 5.92 Å². The van der Waals surface area contributed by atoms with Crippen LogP contribution in [0.1, 0.15) is 17.9 Å². The minimum absolute atomic E-state index is 0.181. The molecule has 3 nitrogen and oxygen atoms in total. The Morgan fingerprint density at radius 3 is 2.56 bits per heavy atom. The highest BCUT2D eigenvalue weighted by Gasteiger charge is 2.25. The molecule has 1 aromatic heterocycles. The number of aromatic nitrogens is 2. The van der Waals surface area contributed by atoms with Crippen molar-refractivity contribution in [3.05, 3.63) is 54.1 Å². The number of nitrogens with zero attached hydrogens (tertiary/aromatic N) is 3. The largest absolute Gasteiger partial charge is 0.340 e. The van der Waals surface area contributed by atoms with Gasteiger partial charge in [-0.3, -0.25) is 0 Å². The summed E-state index contributed by atoms with van der Waals surface area (Å²) in [6, 6.07) is 8.61. The van der Waals surface area contributed by atoms with E-state index >= 15 is 0 Å². The van der Waals surface area contributed by atoms with Crippen molar-refractivity contribution in [2.45, 2.75) is 12.3 Å². The van der Waals surface area contributed by atoms with E-state index in [4.69, 9.17) is 0 Å². The van der Waals surface area contributed by atoms with E-state index in [2.05, 4.69) is 14.9 Å². The monoisotopic (exact) mass is 243 g/mol. The predicted octanol–water partition coefficient (Wildman–Crippen LogP) is 2.61. The van der Waals surface area contributed by atoms with Crippen LogP contribution in [0.15, 0.2) is 42.7 Å². The Labute approximate surface area is 105 Å². The van der Waals surface area contributed by atoms with Crippen molar-refractivity contribution in [3.63, 3.8) is 0 Å². The van der Waals surface area contributed by atoms with Gasteiger partial charge >= 0.3 is 0 Å². The molecule has 0 amide bonds. The average molecular weight is 243 g/mol. The fraction of sp³-hybridized carbons (Fsp3) is 0.286. The lowest BCUT2D eigenvalue weighted by molar-refractivity contribution is 0.625. The summed E-state index contributed by atoms with van der Waals surface area (Å²) in [7, 11) is 0. The Morgan fingerprint density at radius 2 is 1.83 bits per heavy atom. The van der Waals surface area contributed by atoms with Gasteiger partial charge in [-0.2, -0.15) is 0 Å². The molecular formula is C14H14FN3. The van der Waals surface area contributed by atoms with Crippen LogP contribution in [-0.4, -0.2) is 23.1 Å². The summed E-state index contributed by atoms with van der Waals surface area (Å²) in [5.74, 6) is 1.04. The molecule has 2 heterocycles. The molecule has 1 aliphatic heterocycles. The summed E-state index contributed by atoms with van der Waals surface area (Å²) >= 11 is 0. The third-order valence-corrected chi connectivity index (χ3v) is 3.36. The van der Waals surface area contributed by atoms with Crippen LogP contribution in [0, 0.1) is 5.82 Å². The Morgan fingerprint density at radius 1 is 1.11 bits per heavy atom. The quantitative estimate of drug-likeness (QED) is 0.812. The Balaban J connectivity index is 1.74. The van der Waals surface area contributed by atoms with Gasteiger partial charge in [0.2, 0.25) is 5.95 Å². The van der Waals surface area contributed by atoms with Gasteiger partial charge in [0.25, 0.3) is 0 Å². The second-order valence-corrected chi connectivity index (χ2v) is 4.53. The molecule has 1 aliphatic rings. The third kappa shape index (κ3) is 2.18. The zero-order chi connectivity index (χ0) is 12.4. The Hall–Kier alpha value is -1.97. The van der Waals surface area contributed by atoms with Crippen molar-refractivity contribution in [3.8, 4) is 0 Å². The summed E-state index contributed by atoms with van der Waals surface area (Å²) in [4.78, 5) is 10.7. The minimum atomic E-state index is -0.181. The predicted molar refractivity (Wildman–Crippen MR) is 68.0 cm³/mol. The van der Waals surface area contributed by atoms with Gasteiger partial charge in [-0.1, -0.05) is 12.1 Å². The van der Waals surface area contributed by atoms with Crippen molar-refractivity contribution in [1.29, 1.82) is 0 Å². The number of hydrogen-bond acceptors (Lipinski definition) is 3. The van der Waals surface area contributed by atoms with Gasteiger partial charge in [-0.05, 0) is 30.2 Å². The maximum Gasteiger partial charge on any atom is 0.225 e. The standard InChI is InChI=1S/C14H14FN3/c15-13-4-2-11(3-5-13)12-6-9-18(10-12)14-16-7-1-8-17-14/h1-5,7-8,12H,6,9-10H2. The van der Waals surface area contributed by atoms with Crippen LogP contribution < -0.4 is 4.90 Å². The van der Waals surface area contributed by atoms with Gasteiger partial charge in [-0.25, -0.2) is 14.4 Å². The molecule has 0 radical (unpaired) electrons. The van der Waals surface area contributed by atoms with E-state index in [1.807, 2.05) is 18.2 Å². The molecule has 0 N–H and O–H groups in total. The second-order valence-electron chi connectivity index (χ2n) is 4.53. The highest BCUT2D eigenvalue weighted by atomic mass is 19.1.